The zero-order valence-corrected chi connectivity index (χ0v) is 22.3. The van der Waals surface area contributed by atoms with Gasteiger partial charge in [0.2, 0.25) is 0 Å². The molecule has 0 saturated heterocycles. The van der Waals surface area contributed by atoms with Crippen LogP contribution >= 0.6 is 0 Å². The first kappa shape index (κ1) is 27.9. The number of hydrogen-bond donors (Lipinski definition) is 2. The number of aryl methyl sites for hydroxylation is 1. The van der Waals surface area contributed by atoms with Crippen molar-refractivity contribution in [3.8, 4) is 11.5 Å². The number of nitrogens with zero attached hydrogens (tertiary/aromatic N) is 2. The van der Waals surface area contributed by atoms with Crippen LogP contribution in [0.5, 0.6) is 11.5 Å². The molecule has 0 amide bonds. The fourth-order valence-electron chi connectivity index (χ4n) is 4.39. The Bertz CT molecular complexity index is 1310. The maximum Gasteiger partial charge on any atom is 0.303 e. The Morgan fingerprint density at radius 2 is 1.84 bits per heavy atom. The third-order valence-electron chi connectivity index (χ3n) is 6.93. The van der Waals surface area contributed by atoms with Crippen LogP contribution in [0.3, 0.4) is 0 Å². The highest BCUT2D eigenvalue weighted by Gasteiger charge is 2.49. The van der Waals surface area contributed by atoms with Crippen molar-refractivity contribution in [2.75, 3.05) is 25.6 Å². The van der Waals surface area contributed by atoms with Gasteiger partial charge in [-0.05, 0) is 59.1 Å². The number of hydrogen-bond acceptors (Lipinski definition) is 7. The van der Waals surface area contributed by atoms with Crippen LogP contribution in [0, 0.1) is 12.7 Å². The van der Waals surface area contributed by atoms with E-state index in [1.165, 1.54) is 25.7 Å². The lowest BCUT2D eigenvalue weighted by Gasteiger charge is -2.38. The van der Waals surface area contributed by atoms with E-state index in [-0.39, 0.29) is 17.7 Å². The normalized spacial score (nSPS) is 15.3. The summed E-state index contributed by atoms with van der Waals surface area (Å²) < 4.78 is 61.9. The summed E-state index contributed by atoms with van der Waals surface area (Å²) in [7, 11) is 1.53. The van der Waals surface area contributed by atoms with Gasteiger partial charge in [0.1, 0.15) is 29.7 Å². The van der Waals surface area contributed by atoms with Crippen molar-refractivity contribution in [1.82, 2.24) is 9.97 Å². The second kappa shape index (κ2) is 10.6. The predicted octanol–water partition coefficient (Wildman–Crippen LogP) is 5.90. The average molecular weight is 534 g/mol. The Balaban J connectivity index is 1.57. The second-order valence-electron chi connectivity index (χ2n) is 10.4. The minimum atomic E-state index is -3.78. The quantitative estimate of drug-likeness (QED) is 0.297. The van der Waals surface area contributed by atoms with Gasteiger partial charge < -0.3 is 24.6 Å². The number of alkyl halides is 2. The number of rotatable bonds is 11. The Kier molecular flexibility index (Phi) is 7.76. The van der Waals surface area contributed by atoms with E-state index in [4.69, 9.17) is 14.2 Å². The van der Waals surface area contributed by atoms with Crippen molar-refractivity contribution >= 4 is 16.7 Å². The van der Waals surface area contributed by atoms with Gasteiger partial charge in [-0.25, -0.2) is 14.4 Å². The van der Waals surface area contributed by atoms with Crippen molar-refractivity contribution in [3.63, 3.8) is 0 Å². The Morgan fingerprint density at radius 3 is 2.47 bits per heavy atom. The molecule has 206 valence electrons. The maximum absolute atomic E-state index is 15.1. The summed E-state index contributed by atoms with van der Waals surface area (Å²) in [5.74, 6) is -3.07. The Labute approximate surface area is 220 Å². The van der Waals surface area contributed by atoms with Crippen LogP contribution in [-0.2, 0) is 17.2 Å². The molecule has 38 heavy (non-hydrogen) atoms. The predicted molar refractivity (Wildman–Crippen MR) is 138 cm³/mol. The highest BCUT2D eigenvalue weighted by molar-refractivity contribution is 5.91. The van der Waals surface area contributed by atoms with Gasteiger partial charge in [0, 0.05) is 23.6 Å². The summed E-state index contributed by atoms with van der Waals surface area (Å²) in [6, 6.07) is 7.18. The van der Waals surface area contributed by atoms with E-state index in [9.17, 15) is 13.9 Å². The SMILES string of the molecule is COc1cc2nc(C)nc(NCc3cccc(C(F)(F)C(C)(C)O)c3F)c2cc1OCCOC1(C)CCC1. The van der Waals surface area contributed by atoms with Crippen LogP contribution in [-0.4, -0.2) is 46.6 Å². The van der Waals surface area contributed by atoms with Gasteiger partial charge in [-0.1, -0.05) is 12.1 Å². The van der Waals surface area contributed by atoms with Gasteiger partial charge in [0.05, 0.1) is 30.4 Å². The molecule has 0 radical (unpaired) electrons. The molecule has 0 spiro atoms. The molecule has 4 rings (SSSR count). The fraction of sp³-hybridized carbons (Fsp3) is 0.500. The van der Waals surface area contributed by atoms with Crippen molar-refractivity contribution in [1.29, 1.82) is 0 Å². The molecule has 0 aliphatic heterocycles. The van der Waals surface area contributed by atoms with Crippen LogP contribution in [0.2, 0.25) is 0 Å². The highest BCUT2D eigenvalue weighted by Crippen LogP contribution is 2.41. The molecule has 1 aromatic heterocycles. The van der Waals surface area contributed by atoms with Crippen molar-refractivity contribution < 1.29 is 32.5 Å². The van der Waals surface area contributed by atoms with Crippen LogP contribution in [0.25, 0.3) is 10.9 Å². The van der Waals surface area contributed by atoms with E-state index in [0.29, 0.717) is 47.3 Å². The number of methoxy groups -OCH3 is 1. The topological polar surface area (TPSA) is 85.7 Å². The van der Waals surface area contributed by atoms with Crippen LogP contribution in [0.4, 0.5) is 19.0 Å². The molecule has 0 bridgehead atoms. The number of aromatic nitrogens is 2. The first-order chi connectivity index (χ1) is 17.8. The smallest absolute Gasteiger partial charge is 0.303 e. The molecule has 3 aromatic rings. The third kappa shape index (κ3) is 5.66. The second-order valence-corrected chi connectivity index (χ2v) is 10.4. The number of benzene rings is 2. The first-order valence-electron chi connectivity index (χ1n) is 12.6. The molecule has 1 fully saturated rings. The minimum absolute atomic E-state index is 0.00228. The molecule has 2 aromatic carbocycles. The van der Waals surface area contributed by atoms with Gasteiger partial charge in [0.15, 0.2) is 11.5 Å². The maximum atomic E-state index is 15.1. The molecule has 1 saturated carbocycles. The van der Waals surface area contributed by atoms with Gasteiger partial charge in [0.25, 0.3) is 0 Å². The van der Waals surface area contributed by atoms with Crippen molar-refractivity contribution in [3.05, 3.63) is 53.1 Å². The van der Waals surface area contributed by atoms with E-state index in [1.54, 1.807) is 19.1 Å². The van der Waals surface area contributed by atoms with E-state index in [0.717, 1.165) is 32.8 Å². The summed E-state index contributed by atoms with van der Waals surface area (Å²) >= 11 is 0. The molecule has 0 atom stereocenters. The molecule has 1 heterocycles. The minimum Gasteiger partial charge on any atom is -0.493 e. The van der Waals surface area contributed by atoms with Gasteiger partial charge >= 0.3 is 5.92 Å². The van der Waals surface area contributed by atoms with Crippen molar-refractivity contribution in [2.45, 2.75) is 70.6 Å². The van der Waals surface area contributed by atoms with Gasteiger partial charge in [-0.3, -0.25) is 0 Å². The average Bonchev–Trinajstić information content (AvgIpc) is 2.83. The number of fused-ring (bicyclic) bond motifs is 1. The van der Waals surface area contributed by atoms with E-state index in [2.05, 4.69) is 22.2 Å². The van der Waals surface area contributed by atoms with Crippen LogP contribution in [0.1, 0.15) is 57.0 Å². The monoisotopic (exact) mass is 533 g/mol. The number of anilines is 1. The van der Waals surface area contributed by atoms with E-state index < -0.39 is 22.9 Å². The lowest BCUT2D eigenvalue weighted by molar-refractivity contribution is -0.170. The summed E-state index contributed by atoms with van der Waals surface area (Å²) in [5, 5.41) is 13.5. The molecule has 7 nitrogen and oxygen atoms in total. The number of aliphatic hydroxyl groups is 1. The van der Waals surface area contributed by atoms with E-state index in [1.807, 2.05) is 0 Å². The van der Waals surface area contributed by atoms with Crippen molar-refractivity contribution in [2.24, 2.45) is 0 Å². The Hall–Kier alpha value is -3.11. The molecular weight excluding hydrogens is 499 g/mol. The molecular formula is C28H34F3N3O4. The Morgan fingerprint density at radius 1 is 1.11 bits per heavy atom. The largest absolute Gasteiger partial charge is 0.493 e. The summed E-state index contributed by atoms with van der Waals surface area (Å²) in [4.78, 5) is 8.91. The molecule has 10 heteroatoms. The molecule has 1 aliphatic carbocycles. The lowest BCUT2D eigenvalue weighted by atomic mass is 9.82. The number of nitrogens with one attached hydrogen (secondary N) is 1. The first-order valence-corrected chi connectivity index (χ1v) is 12.6. The van der Waals surface area contributed by atoms with Gasteiger partial charge in [-0.15, -0.1) is 0 Å². The number of halogens is 3. The van der Waals surface area contributed by atoms with E-state index >= 15 is 4.39 Å². The lowest BCUT2D eigenvalue weighted by Crippen LogP contribution is -2.41. The highest BCUT2D eigenvalue weighted by atomic mass is 19.3. The third-order valence-corrected chi connectivity index (χ3v) is 6.93. The summed E-state index contributed by atoms with van der Waals surface area (Å²) in [6.07, 6.45) is 3.24. The fourth-order valence-corrected chi connectivity index (χ4v) is 4.39. The molecule has 2 N–H and O–H groups in total. The van der Waals surface area contributed by atoms with Gasteiger partial charge in [-0.2, -0.15) is 8.78 Å². The zero-order chi connectivity index (χ0) is 27.7. The molecule has 0 unspecified atom stereocenters. The number of ether oxygens (including phenoxy) is 3. The van der Waals surface area contributed by atoms with Crippen LogP contribution in [0.15, 0.2) is 30.3 Å². The zero-order valence-electron chi connectivity index (χ0n) is 22.3. The summed E-state index contributed by atoms with van der Waals surface area (Å²) in [6.45, 7) is 6.32. The molecule has 1 aliphatic rings. The van der Waals surface area contributed by atoms with Crippen LogP contribution < -0.4 is 14.8 Å². The summed E-state index contributed by atoms with van der Waals surface area (Å²) in [5.41, 5.74) is -2.81. The standard InChI is InChI=1S/C28H34F3N3O4/c1-17-33-21-15-22(36-5)23(37-12-13-38-27(4)10-7-11-27)14-19(21)25(34-17)32-16-18-8-6-9-20(24(18)29)28(30,31)26(2,3)35/h6,8-9,14-15,35H,7,10-13,16H2,1-5H3,(H,32,33,34).